The molecule has 4 atom stereocenters. The molecule has 2 saturated carbocycles. The van der Waals surface area contributed by atoms with Gasteiger partial charge in [0, 0.05) is 6.04 Å². The van der Waals surface area contributed by atoms with Gasteiger partial charge in [-0.05, 0) is 55.4 Å². The average molecular weight is 209 g/mol. The second-order valence-electron chi connectivity index (χ2n) is 6.74. The third-order valence-electron chi connectivity index (χ3n) is 5.41. The molecule has 0 radical (unpaired) electrons. The van der Waals surface area contributed by atoms with Crippen molar-refractivity contribution in [1.82, 2.24) is 5.32 Å². The molecule has 15 heavy (non-hydrogen) atoms. The molecule has 2 bridgehead atoms. The van der Waals surface area contributed by atoms with Crippen molar-refractivity contribution in [3.05, 3.63) is 0 Å². The van der Waals surface area contributed by atoms with Gasteiger partial charge in [-0.1, -0.05) is 27.7 Å². The van der Waals surface area contributed by atoms with E-state index >= 15 is 0 Å². The lowest BCUT2D eigenvalue weighted by atomic mass is 9.61. The van der Waals surface area contributed by atoms with Crippen molar-refractivity contribution in [3.63, 3.8) is 0 Å². The maximum atomic E-state index is 3.65. The van der Waals surface area contributed by atoms with Gasteiger partial charge in [0.25, 0.3) is 0 Å². The van der Waals surface area contributed by atoms with E-state index in [1.54, 1.807) is 0 Å². The highest BCUT2D eigenvalue weighted by Gasteiger charge is 2.60. The van der Waals surface area contributed by atoms with Gasteiger partial charge >= 0.3 is 0 Å². The normalized spacial score (nSPS) is 44.6. The van der Waals surface area contributed by atoms with E-state index in [0.717, 1.165) is 18.4 Å². The zero-order chi connectivity index (χ0) is 11.3. The van der Waals surface area contributed by atoms with Gasteiger partial charge in [-0.15, -0.1) is 0 Å². The largest absolute Gasteiger partial charge is 0.314 e. The summed E-state index contributed by atoms with van der Waals surface area (Å²) in [5, 5.41) is 3.65. The van der Waals surface area contributed by atoms with Gasteiger partial charge in [0.15, 0.2) is 0 Å². The molecule has 0 aliphatic heterocycles. The van der Waals surface area contributed by atoms with Crippen LogP contribution in [0.4, 0.5) is 0 Å². The molecule has 2 fully saturated rings. The summed E-state index contributed by atoms with van der Waals surface area (Å²) in [5.41, 5.74) is 1.17. The summed E-state index contributed by atoms with van der Waals surface area (Å²) in [6.45, 7) is 13.2. The van der Waals surface area contributed by atoms with Crippen LogP contribution in [0.25, 0.3) is 0 Å². The molecule has 2 aliphatic rings. The number of hydrogen-bond donors (Lipinski definition) is 1. The van der Waals surface area contributed by atoms with Gasteiger partial charge in [0.2, 0.25) is 0 Å². The van der Waals surface area contributed by atoms with E-state index in [0.29, 0.717) is 16.9 Å². The zero-order valence-electron chi connectivity index (χ0n) is 11.1. The molecule has 1 heteroatoms. The Morgan fingerprint density at radius 1 is 1.33 bits per heavy atom. The molecular weight excluding hydrogens is 182 g/mol. The van der Waals surface area contributed by atoms with Crippen LogP contribution in [0.3, 0.4) is 0 Å². The predicted octanol–water partition coefficient (Wildman–Crippen LogP) is 3.45. The van der Waals surface area contributed by atoms with Crippen LogP contribution in [0.5, 0.6) is 0 Å². The van der Waals surface area contributed by atoms with E-state index in [9.17, 15) is 0 Å². The van der Waals surface area contributed by atoms with Crippen molar-refractivity contribution in [1.29, 1.82) is 0 Å². The van der Waals surface area contributed by atoms with Gasteiger partial charge in [-0.3, -0.25) is 0 Å². The first kappa shape index (κ1) is 11.4. The fourth-order valence-corrected chi connectivity index (χ4v) is 5.03. The average Bonchev–Trinajstić information content (AvgIpc) is 2.55. The fourth-order valence-electron chi connectivity index (χ4n) is 5.03. The Morgan fingerprint density at radius 3 is 2.47 bits per heavy atom. The molecule has 0 heterocycles. The standard InChI is InChI=1S/C14H27N/c1-6-15-10(2)12-13(3,4)11-7-8-14(12,5)9-11/h10-12,15H,6-9H2,1-5H3. The molecule has 2 rings (SSSR count). The minimum Gasteiger partial charge on any atom is -0.314 e. The zero-order valence-corrected chi connectivity index (χ0v) is 11.1. The van der Waals surface area contributed by atoms with Crippen LogP contribution >= 0.6 is 0 Å². The summed E-state index contributed by atoms with van der Waals surface area (Å²) in [5.74, 6) is 1.84. The number of hydrogen-bond acceptors (Lipinski definition) is 1. The molecular formula is C14H27N. The second-order valence-corrected chi connectivity index (χ2v) is 6.74. The van der Waals surface area contributed by atoms with Crippen LogP contribution < -0.4 is 5.32 Å². The number of rotatable bonds is 3. The lowest BCUT2D eigenvalue weighted by Crippen LogP contribution is -2.47. The van der Waals surface area contributed by atoms with E-state index in [4.69, 9.17) is 0 Å². The summed E-state index contributed by atoms with van der Waals surface area (Å²) >= 11 is 0. The van der Waals surface area contributed by atoms with E-state index in [-0.39, 0.29) is 0 Å². The minimum absolute atomic E-state index is 0.550. The Balaban J connectivity index is 2.22. The van der Waals surface area contributed by atoms with E-state index < -0.39 is 0 Å². The maximum Gasteiger partial charge on any atom is 0.00772 e. The highest BCUT2D eigenvalue weighted by atomic mass is 14.9. The first-order chi connectivity index (χ1) is 6.92. The van der Waals surface area contributed by atoms with Crippen molar-refractivity contribution in [2.45, 2.75) is 59.9 Å². The Labute approximate surface area is 95.0 Å². The Hall–Kier alpha value is -0.0400. The van der Waals surface area contributed by atoms with E-state index in [1.807, 2.05) is 0 Å². The molecule has 0 aromatic rings. The van der Waals surface area contributed by atoms with Gasteiger partial charge in [-0.2, -0.15) is 0 Å². The molecule has 0 aromatic carbocycles. The Kier molecular flexibility index (Phi) is 2.65. The van der Waals surface area contributed by atoms with Crippen LogP contribution in [-0.4, -0.2) is 12.6 Å². The first-order valence-corrected chi connectivity index (χ1v) is 6.65. The van der Waals surface area contributed by atoms with Gasteiger partial charge < -0.3 is 5.32 Å². The Bertz CT molecular complexity index is 241. The molecule has 1 N–H and O–H groups in total. The maximum absolute atomic E-state index is 3.65. The van der Waals surface area contributed by atoms with Gasteiger partial charge in [-0.25, -0.2) is 0 Å². The van der Waals surface area contributed by atoms with Crippen LogP contribution in [0, 0.1) is 22.7 Å². The Morgan fingerprint density at radius 2 is 2.00 bits per heavy atom. The molecule has 0 amide bonds. The SMILES string of the molecule is CCNC(C)C1C2(C)CCC(C2)C1(C)C. The predicted molar refractivity (Wildman–Crippen MR) is 65.9 cm³/mol. The van der Waals surface area contributed by atoms with E-state index in [1.165, 1.54) is 19.3 Å². The van der Waals surface area contributed by atoms with Crippen LogP contribution in [0.1, 0.15) is 53.9 Å². The summed E-state index contributed by atoms with van der Waals surface area (Å²) in [6, 6.07) is 0.681. The highest BCUT2D eigenvalue weighted by Crippen LogP contribution is 2.66. The third-order valence-corrected chi connectivity index (χ3v) is 5.41. The first-order valence-electron chi connectivity index (χ1n) is 6.65. The topological polar surface area (TPSA) is 12.0 Å². The minimum atomic E-state index is 0.550. The molecule has 0 spiro atoms. The van der Waals surface area contributed by atoms with E-state index in [2.05, 4.69) is 39.9 Å². The lowest BCUT2D eigenvalue weighted by molar-refractivity contribution is 0.0467. The second kappa shape index (κ2) is 3.48. The molecule has 0 aromatic heterocycles. The van der Waals surface area contributed by atoms with Crippen molar-refractivity contribution in [3.8, 4) is 0 Å². The fraction of sp³-hybridized carbons (Fsp3) is 1.00. The molecule has 4 unspecified atom stereocenters. The van der Waals surface area contributed by atoms with Crippen molar-refractivity contribution < 1.29 is 0 Å². The summed E-state index contributed by atoms with van der Waals surface area (Å²) in [7, 11) is 0. The molecule has 2 aliphatic carbocycles. The number of fused-ring (bicyclic) bond motifs is 2. The molecule has 1 nitrogen and oxygen atoms in total. The monoisotopic (exact) mass is 209 g/mol. The van der Waals surface area contributed by atoms with Crippen LogP contribution in [-0.2, 0) is 0 Å². The van der Waals surface area contributed by atoms with Gasteiger partial charge in [0.1, 0.15) is 0 Å². The molecule has 88 valence electrons. The van der Waals surface area contributed by atoms with Crippen molar-refractivity contribution in [2.24, 2.45) is 22.7 Å². The summed E-state index contributed by atoms with van der Waals surface area (Å²) < 4.78 is 0. The van der Waals surface area contributed by atoms with Crippen molar-refractivity contribution in [2.75, 3.05) is 6.54 Å². The van der Waals surface area contributed by atoms with Gasteiger partial charge in [0.05, 0.1) is 0 Å². The summed E-state index contributed by atoms with van der Waals surface area (Å²) in [4.78, 5) is 0. The van der Waals surface area contributed by atoms with Crippen LogP contribution in [0.15, 0.2) is 0 Å². The number of nitrogens with one attached hydrogen (secondary N) is 1. The van der Waals surface area contributed by atoms with Crippen molar-refractivity contribution >= 4 is 0 Å². The highest BCUT2D eigenvalue weighted by molar-refractivity contribution is 5.10. The quantitative estimate of drug-likeness (QED) is 0.750. The summed E-state index contributed by atoms with van der Waals surface area (Å²) in [6.07, 6.45) is 4.40. The van der Waals surface area contributed by atoms with Crippen LogP contribution in [0.2, 0.25) is 0 Å². The lowest BCUT2D eigenvalue weighted by Gasteiger charge is -2.46. The third kappa shape index (κ3) is 1.54. The smallest absolute Gasteiger partial charge is 0.00772 e. The molecule has 0 saturated heterocycles.